The highest BCUT2D eigenvalue weighted by molar-refractivity contribution is 5.68. The van der Waals surface area contributed by atoms with Crippen molar-refractivity contribution >= 4 is 11.8 Å². The summed E-state index contributed by atoms with van der Waals surface area (Å²) in [6.07, 6.45) is 8.06. The molecule has 0 aliphatic carbocycles. The number of unbranched alkanes of at least 4 members (excludes halogenated alkanes) is 1. The number of nitrogens with zero attached hydrogens (tertiary/aromatic N) is 1. The van der Waals surface area contributed by atoms with Gasteiger partial charge in [-0.25, -0.2) is 0 Å². The van der Waals surface area contributed by atoms with E-state index in [1.54, 1.807) is 0 Å². The number of aryl methyl sites for hydroxylation is 1. The predicted octanol–water partition coefficient (Wildman–Crippen LogP) is 4.65. The van der Waals surface area contributed by atoms with Crippen LogP contribution in [0.1, 0.15) is 44.2 Å². The first-order valence-corrected chi connectivity index (χ1v) is 6.67. The zero-order chi connectivity index (χ0) is 12.7. The van der Waals surface area contributed by atoms with Gasteiger partial charge in [0.1, 0.15) is 0 Å². The average molecular weight is 231 g/mol. The van der Waals surface area contributed by atoms with E-state index in [2.05, 4.69) is 63.1 Å². The fourth-order valence-electron chi connectivity index (χ4n) is 1.92. The van der Waals surface area contributed by atoms with Gasteiger partial charge in [0.15, 0.2) is 0 Å². The maximum absolute atomic E-state index is 2.36. The maximum atomic E-state index is 2.36. The van der Waals surface area contributed by atoms with Crippen LogP contribution in [0, 0.1) is 6.92 Å². The SMILES string of the molecule is CC/C=C/c1cc(C)ccc1N(C)CCCC. The van der Waals surface area contributed by atoms with Crippen molar-refractivity contribution in [2.75, 3.05) is 18.5 Å². The lowest BCUT2D eigenvalue weighted by atomic mass is 10.1. The standard InChI is InChI=1S/C16H25N/c1-5-7-9-15-13-14(3)10-11-16(15)17(4)12-8-6-2/h7,9-11,13H,5-6,8,12H2,1-4H3/b9-7+. The Morgan fingerprint density at radius 1 is 1.24 bits per heavy atom. The predicted molar refractivity (Wildman–Crippen MR) is 78.7 cm³/mol. The van der Waals surface area contributed by atoms with Crippen LogP contribution in [0.15, 0.2) is 24.3 Å². The molecule has 0 amide bonds. The maximum Gasteiger partial charge on any atom is 0.0437 e. The lowest BCUT2D eigenvalue weighted by molar-refractivity contribution is 0.766. The smallest absolute Gasteiger partial charge is 0.0437 e. The van der Waals surface area contributed by atoms with Gasteiger partial charge in [0.05, 0.1) is 0 Å². The van der Waals surface area contributed by atoms with Crippen LogP contribution in [-0.4, -0.2) is 13.6 Å². The molecule has 94 valence electrons. The van der Waals surface area contributed by atoms with Crippen LogP contribution in [0.3, 0.4) is 0 Å². The fraction of sp³-hybridized carbons (Fsp3) is 0.500. The zero-order valence-electron chi connectivity index (χ0n) is 11.7. The third-order valence-corrected chi connectivity index (χ3v) is 2.97. The van der Waals surface area contributed by atoms with Crippen molar-refractivity contribution in [2.24, 2.45) is 0 Å². The van der Waals surface area contributed by atoms with Crippen molar-refractivity contribution in [3.05, 3.63) is 35.4 Å². The van der Waals surface area contributed by atoms with Gasteiger partial charge in [0.25, 0.3) is 0 Å². The Kier molecular flexibility index (Phi) is 5.82. The molecule has 0 unspecified atom stereocenters. The molecule has 17 heavy (non-hydrogen) atoms. The Hall–Kier alpha value is -1.24. The first-order chi connectivity index (χ1) is 8.19. The van der Waals surface area contributed by atoms with Crippen LogP contribution in [0.25, 0.3) is 6.08 Å². The van der Waals surface area contributed by atoms with E-state index in [-0.39, 0.29) is 0 Å². The van der Waals surface area contributed by atoms with Crippen molar-refractivity contribution in [1.82, 2.24) is 0 Å². The van der Waals surface area contributed by atoms with Crippen LogP contribution < -0.4 is 4.90 Å². The van der Waals surface area contributed by atoms with Crippen molar-refractivity contribution in [3.63, 3.8) is 0 Å². The van der Waals surface area contributed by atoms with Crippen LogP contribution in [0.2, 0.25) is 0 Å². The summed E-state index contributed by atoms with van der Waals surface area (Å²) in [7, 11) is 2.18. The average Bonchev–Trinajstić information content (AvgIpc) is 2.33. The molecule has 0 aliphatic rings. The summed E-state index contributed by atoms with van der Waals surface area (Å²) in [6.45, 7) is 7.69. The highest BCUT2D eigenvalue weighted by Crippen LogP contribution is 2.23. The highest BCUT2D eigenvalue weighted by atomic mass is 15.1. The molecule has 1 nitrogen and oxygen atoms in total. The zero-order valence-corrected chi connectivity index (χ0v) is 11.7. The quantitative estimate of drug-likeness (QED) is 0.688. The molecular weight excluding hydrogens is 206 g/mol. The molecule has 0 aliphatic heterocycles. The van der Waals surface area contributed by atoms with Crippen molar-refractivity contribution in [3.8, 4) is 0 Å². The van der Waals surface area contributed by atoms with E-state index in [0.29, 0.717) is 0 Å². The monoisotopic (exact) mass is 231 g/mol. The third kappa shape index (κ3) is 4.26. The Balaban J connectivity index is 2.92. The minimum atomic E-state index is 1.09. The van der Waals surface area contributed by atoms with Gasteiger partial charge in [-0.1, -0.05) is 44.1 Å². The van der Waals surface area contributed by atoms with E-state index >= 15 is 0 Å². The molecule has 1 heteroatoms. The third-order valence-electron chi connectivity index (χ3n) is 2.97. The van der Waals surface area contributed by atoms with Crippen LogP contribution in [-0.2, 0) is 0 Å². The van der Waals surface area contributed by atoms with Gasteiger partial charge in [0, 0.05) is 19.3 Å². The second-order valence-electron chi connectivity index (χ2n) is 4.65. The second-order valence-corrected chi connectivity index (χ2v) is 4.65. The van der Waals surface area contributed by atoms with Gasteiger partial charge < -0.3 is 4.90 Å². The van der Waals surface area contributed by atoms with Gasteiger partial charge in [-0.2, -0.15) is 0 Å². The van der Waals surface area contributed by atoms with Crippen LogP contribution in [0.4, 0.5) is 5.69 Å². The molecule has 0 heterocycles. The molecule has 0 atom stereocenters. The Labute approximate surface area is 106 Å². The summed E-state index contributed by atoms with van der Waals surface area (Å²) in [5.41, 5.74) is 4.01. The number of rotatable bonds is 6. The van der Waals surface area contributed by atoms with Gasteiger partial charge in [-0.05, 0) is 37.5 Å². The normalized spacial score (nSPS) is 11.1. The van der Waals surface area contributed by atoms with E-state index in [1.165, 1.54) is 29.7 Å². The molecule has 0 spiro atoms. The minimum absolute atomic E-state index is 1.09. The first kappa shape index (κ1) is 13.8. The summed E-state index contributed by atoms with van der Waals surface area (Å²) in [5.74, 6) is 0. The van der Waals surface area contributed by atoms with E-state index in [9.17, 15) is 0 Å². The molecule has 1 aromatic carbocycles. The Bertz CT molecular complexity index is 366. The van der Waals surface area contributed by atoms with E-state index in [4.69, 9.17) is 0 Å². The molecule has 0 radical (unpaired) electrons. The number of anilines is 1. The number of hydrogen-bond donors (Lipinski definition) is 0. The lowest BCUT2D eigenvalue weighted by Crippen LogP contribution is -2.19. The van der Waals surface area contributed by atoms with Gasteiger partial charge in [0.2, 0.25) is 0 Å². The molecule has 0 N–H and O–H groups in total. The molecule has 0 saturated carbocycles. The molecule has 0 bridgehead atoms. The summed E-state index contributed by atoms with van der Waals surface area (Å²) in [4.78, 5) is 2.36. The van der Waals surface area contributed by atoms with Crippen molar-refractivity contribution < 1.29 is 0 Å². The second kappa shape index (κ2) is 7.16. The van der Waals surface area contributed by atoms with Crippen molar-refractivity contribution in [1.29, 1.82) is 0 Å². The fourth-order valence-corrected chi connectivity index (χ4v) is 1.92. The largest absolute Gasteiger partial charge is 0.374 e. The lowest BCUT2D eigenvalue weighted by Gasteiger charge is -2.21. The van der Waals surface area contributed by atoms with Crippen LogP contribution in [0.5, 0.6) is 0 Å². The van der Waals surface area contributed by atoms with Crippen molar-refractivity contribution in [2.45, 2.75) is 40.0 Å². The van der Waals surface area contributed by atoms with E-state index in [1.807, 2.05) is 0 Å². The summed E-state index contributed by atoms with van der Waals surface area (Å²) in [5, 5.41) is 0. The minimum Gasteiger partial charge on any atom is -0.374 e. The summed E-state index contributed by atoms with van der Waals surface area (Å²) >= 11 is 0. The number of hydrogen-bond acceptors (Lipinski definition) is 1. The Morgan fingerprint density at radius 3 is 2.65 bits per heavy atom. The van der Waals surface area contributed by atoms with Gasteiger partial charge in [-0.15, -0.1) is 0 Å². The summed E-state index contributed by atoms with van der Waals surface area (Å²) < 4.78 is 0. The highest BCUT2D eigenvalue weighted by Gasteiger charge is 2.04. The van der Waals surface area contributed by atoms with Crippen LogP contribution >= 0.6 is 0 Å². The molecule has 0 saturated heterocycles. The molecule has 0 fully saturated rings. The molecule has 1 rings (SSSR count). The molecule has 1 aromatic rings. The topological polar surface area (TPSA) is 3.24 Å². The van der Waals surface area contributed by atoms with E-state index < -0.39 is 0 Å². The number of benzene rings is 1. The number of allylic oxidation sites excluding steroid dienone is 1. The molecule has 0 aromatic heterocycles. The first-order valence-electron chi connectivity index (χ1n) is 6.67. The van der Waals surface area contributed by atoms with Gasteiger partial charge >= 0.3 is 0 Å². The summed E-state index contributed by atoms with van der Waals surface area (Å²) in [6, 6.07) is 6.70. The van der Waals surface area contributed by atoms with E-state index in [0.717, 1.165) is 13.0 Å². The molecular formula is C16H25N. The Morgan fingerprint density at radius 2 is 2.00 bits per heavy atom. The van der Waals surface area contributed by atoms with Gasteiger partial charge in [-0.3, -0.25) is 0 Å².